The predicted molar refractivity (Wildman–Crippen MR) is 243 cm³/mol. The van der Waals surface area contributed by atoms with Crippen LogP contribution in [0.25, 0.3) is 0 Å². The van der Waals surface area contributed by atoms with Gasteiger partial charge < -0.3 is 14.9 Å². The van der Waals surface area contributed by atoms with Crippen LogP contribution < -0.4 is 41.5 Å². The van der Waals surface area contributed by atoms with E-state index in [0.29, 0.717) is 0 Å². The second-order valence-electron chi connectivity index (χ2n) is 13.3. The van der Waals surface area contributed by atoms with Crippen LogP contribution in [0.3, 0.4) is 0 Å². The Morgan fingerprint density at radius 1 is 0.418 bits per heavy atom. The molecule has 0 nitrogen and oxygen atoms in total. The van der Waals surface area contributed by atoms with Gasteiger partial charge in [-0.05, 0) is 15.6 Å². The molecule has 0 unspecified atom stereocenters. The molecule has 0 radical (unpaired) electrons. The minimum Gasteiger partial charge on any atom is -0.358 e. The molecule has 0 spiro atoms. The zero-order valence-electron chi connectivity index (χ0n) is 32.6. The predicted octanol–water partition coefficient (Wildman–Crippen LogP) is 7.59. The Hall–Kier alpha value is -5.03. The Morgan fingerprint density at radius 2 is 0.745 bits per heavy atom. The molecule has 0 fully saturated rings. The van der Waals surface area contributed by atoms with Gasteiger partial charge in [-0.15, -0.1) is 0 Å². The van der Waals surface area contributed by atoms with E-state index < -0.39 is 16.1 Å². The maximum absolute atomic E-state index is 2.43. The topological polar surface area (TPSA) is 0 Å². The fraction of sp³-hybridized carbons (Fsp3) is 0.0769. The van der Waals surface area contributed by atoms with E-state index in [1.54, 1.807) is 10.8 Å². The van der Waals surface area contributed by atoms with Crippen molar-refractivity contribution in [1.29, 1.82) is 0 Å². The third kappa shape index (κ3) is 8.17. The summed E-state index contributed by atoms with van der Waals surface area (Å²) < 4.78 is 0. The first-order valence-electron chi connectivity index (χ1n) is 18.6. The van der Waals surface area contributed by atoms with E-state index in [0.717, 1.165) is 12.8 Å². The SMILES string of the molecule is CCc1c([Si](c2ccccc2)(c2ccccc2)c2ccccc2)cc[c-]1CC.[CH3-].[CH3-].[Fe+4].c1ccc([Si](c2ccccc2)(c2ccccc2)c2ccc[cH-]2)cc1. The summed E-state index contributed by atoms with van der Waals surface area (Å²) in [6, 6.07) is 80.3. The van der Waals surface area contributed by atoms with Gasteiger partial charge in [-0.3, -0.25) is 0 Å². The van der Waals surface area contributed by atoms with E-state index in [1.807, 2.05) is 0 Å². The van der Waals surface area contributed by atoms with Crippen molar-refractivity contribution in [1.82, 2.24) is 0 Å². The van der Waals surface area contributed by atoms with Crippen LogP contribution in [0.15, 0.2) is 218 Å². The molecule has 0 saturated heterocycles. The molecular weight excluding hydrogens is 737 g/mol. The van der Waals surface area contributed by atoms with Crippen molar-refractivity contribution >= 4 is 57.6 Å². The van der Waals surface area contributed by atoms with Crippen molar-refractivity contribution in [2.45, 2.75) is 26.7 Å². The first-order valence-corrected chi connectivity index (χ1v) is 22.6. The van der Waals surface area contributed by atoms with Gasteiger partial charge in [0.1, 0.15) is 8.07 Å². The van der Waals surface area contributed by atoms with Gasteiger partial charge in [0.15, 0.2) is 8.07 Å². The molecule has 0 saturated carbocycles. The first kappa shape index (κ1) is 42.7. The van der Waals surface area contributed by atoms with Gasteiger partial charge in [0.05, 0.1) is 0 Å². The number of aryl methyl sites for hydroxylation is 1. The van der Waals surface area contributed by atoms with Gasteiger partial charge in [-0.25, -0.2) is 18.2 Å². The summed E-state index contributed by atoms with van der Waals surface area (Å²) in [5.74, 6) is 0. The van der Waals surface area contributed by atoms with Crippen LogP contribution in [-0.4, -0.2) is 16.1 Å². The second kappa shape index (κ2) is 20.1. The van der Waals surface area contributed by atoms with Crippen molar-refractivity contribution in [3.05, 3.63) is 244 Å². The molecule has 0 amide bonds. The molecule has 8 aromatic carbocycles. The molecular formula is C52H52FeSi2. The van der Waals surface area contributed by atoms with Crippen LogP contribution in [0, 0.1) is 14.9 Å². The van der Waals surface area contributed by atoms with Gasteiger partial charge >= 0.3 is 17.1 Å². The van der Waals surface area contributed by atoms with Crippen LogP contribution in [-0.2, 0) is 29.9 Å². The number of benzene rings is 6. The smallest absolute Gasteiger partial charge is 0.358 e. The molecule has 0 aliphatic rings. The van der Waals surface area contributed by atoms with Crippen molar-refractivity contribution in [2.75, 3.05) is 0 Å². The monoisotopic (exact) mass is 788 g/mol. The molecule has 3 heteroatoms. The Balaban J connectivity index is 0.000000234. The summed E-state index contributed by atoms with van der Waals surface area (Å²) in [5.41, 5.74) is 3.04. The van der Waals surface area contributed by atoms with Crippen molar-refractivity contribution < 1.29 is 17.1 Å². The van der Waals surface area contributed by atoms with Crippen molar-refractivity contribution in [2.24, 2.45) is 0 Å². The first-order chi connectivity index (χ1) is 25.7. The third-order valence-corrected chi connectivity index (χ3v) is 20.3. The van der Waals surface area contributed by atoms with E-state index in [2.05, 4.69) is 232 Å². The molecule has 0 bridgehead atoms. The normalized spacial score (nSPS) is 10.8. The average molecular weight is 789 g/mol. The minimum absolute atomic E-state index is 0. The van der Waals surface area contributed by atoms with Crippen LogP contribution in [0.5, 0.6) is 0 Å². The quantitative estimate of drug-likeness (QED) is 0.0762. The Morgan fingerprint density at radius 3 is 1.02 bits per heavy atom. The third-order valence-electron chi connectivity index (χ3n) is 10.6. The fourth-order valence-corrected chi connectivity index (χ4v) is 18.3. The Bertz CT molecular complexity index is 2040. The standard InChI is InChI=1S/C27H27Si.C23H19Si.2CH3.Fe/c1-3-22-20-21-27(26(22)4-2)28(23-14-8-5-9-15-23,24-16-10-6-11-17-24)25-18-12-7-13-19-25;1-4-12-20(13-5-1)24(23-18-10-11-19-23,21-14-6-2-7-15-21)22-16-8-3-9-17-22;;;/h5-21H,3-4H2,1-2H3;1-19H;2*1H3;/q4*-1;+4. The molecule has 0 atom stereocenters. The Labute approximate surface area is 343 Å². The van der Waals surface area contributed by atoms with Gasteiger partial charge in [0.2, 0.25) is 0 Å². The van der Waals surface area contributed by atoms with Gasteiger partial charge in [0.25, 0.3) is 0 Å². The van der Waals surface area contributed by atoms with Crippen molar-refractivity contribution in [3.8, 4) is 0 Å². The van der Waals surface area contributed by atoms with Gasteiger partial charge in [-0.2, -0.15) is 39.7 Å². The van der Waals surface area contributed by atoms with E-state index in [-0.39, 0.29) is 31.9 Å². The average Bonchev–Trinajstić information content (AvgIpc) is 3.93. The maximum atomic E-state index is 2.43. The molecule has 0 aliphatic carbocycles. The second-order valence-corrected chi connectivity index (χ2v) is 20.9. The number of hydrogen-bond acceptors (Lipinski definition) is 0. The summed E-state index contributed by atoms with van der Waals surface area (Å²) >= 11 is 0. The molecule has 0 N–H and O–H groups in total. The molecule has 8 rings (SSSR count). The summed E-state index contributed by atoms with van der Waals surface area (Å²) in [7, 11) is -4.61. The molecule has 55 heavy (non-hydrogen) atoms. The largest absolute Gasteiger partial charge is 4.00 e. The van der Waals surface area contributed by atoms with E-state index >= 15 is 0 Å². The molecule has 0 aromatic heterocycles. The summed E-state index contributed by atoms with van der Waals surface area (Å²) in [4.78, 5) is 0. The fourth-order valence-electron chi connectivity index (χ4n) is 8.38. The summed E-state index contributed by atoms with van der Waals surface area (Å²) in [6.07, 6.45) is 2.17. The van der Waals surface area contributed by atoms with E-state index in [9.17, 15) is 0 Å². The van der Waals surface area contributed by atoms with E-state index in [4.69, 9.17) is 0 Å². The minimum atomic E-state index is -2.36. The summed E-state index contributed by atoms with van der Waals surface area (Å²) in [6.45, 7) is 4.58. The van der Waals surface area contributed by atoms with Gasteiger partial charge in [-0.1, -0.05) is 224 Å². The molecule has 8 aromatic rings. The maximum Gasteiger partial charge on any atom is 4.00 e. The zero-order chi connectivity index (χ0) is 35.6. The Kier molecular flexibility index (Phi) is 15.6. The number of hydrogen-bond donors (Lipinski definition) is 0. The van der Waals surface area contributed by atoms with Crippen LogP contribution in [0.4, 0.5) is 0 Å². The van der Waals surface area contributed by atoms with Gasteiger partial charge in [0, 0.05) is 0 Å². The van der Waals surface area contributed by atoms with Crippen molar-refractivity contribution in [3.63, 3.8) is 0 Å². The summed E-state index contributed by atoms with van der Waals surface area (Å²) in [5, 5.41) is 11.6. The van der Waals surface area contributed by atoms with Crippen LogP contribution in [0.1, 0.15) is 25.0 Å². The van der Waals surface area contributed by atoms with E-state index in [1.165, 1.54) is 41.9 Å². The van der Waals surface area contributed by atoms with Crippen LogP contribution >= 0.6 is 0 Å². The molecule has 0 aliphatic heterocycles. The molecule has 276 valence electrons. The number of rotatable bonds is 10. The zero-order valence-corrected chi connectivity index (χ0v) is 35.7. The van der Waals surface area contributed by atoms with Crippen LogP contribution in [0.2, 0.25) is 0 Å². The molecule has 0 heterocycles.